The average molecular weight is 437 g/mol. The maximum Gasteiger partial charge on any atom is 0.350 e. The number of thioether (sulfide) groups is 1. The van der Waals surface area contributed by atoms with Crippen LogP contribution in [-0.4, -0.2) is 39.0 Å². The minimum Gasteiger partial charge on any atom is -0.462 e. The van der Waals surface area contributed by atoms with Gasteiger partial charge in [-0.25, -0.2) is 4.79 Å². The van der Waals surface area contributed by atoms with E-state index in [1.54, 1.807) is 43.1 Å². The summed E-state index contributed by atoms with van der Waals surface area (Å²) in [6.07, 6.45) is 1.57. The molecule has 1 aromatic carbocycles. The van der Waals surface area contributed by atoms with Crippen molar-refractivity contribution in [2.45, 2.75) is 12.1 Å². The van der Waals surface area contributed by atoms with Crippen LogP contribution in [0.15, 0.2) is 41.8 Å². The number of hydrogen-bond donors (Lipinski definition) is 1. The summed E-state index contributed by atoms with van der Waals surface area (Å²) >= 11 is 8.46. The number of aromatic nitrogens is 3. The summed E-state index contributed by atoms with van der Waals surface area (Å²) in [4.78, 5) is 25.9. The van der Waals surface area contributed by atoms with Crippen LogP contribution >= 0.6 is 34.7 Å². The molecule has 0 saturated heterocycles. The zero-order valence-corrected chi connectivity index (χ0v) is 17.5. The number of rotatable bonds is 7. The maximum atomic E-state index is 12.4. The van der Waals surface area contributed by atoms with E-state index in [-0.39, 0.29) is 18.3 Å². The summed E-state index contributed by atoms with van der Waals surface area (Å²) in [6, 6.07) is 9.04. The molecule has 1 amide bonds. The Morgan fingerprint density at radius 3 is 2.71 bits per heavy atom. The Morgan fingerprint density at radius 2 is 2.07 bits per heavy atom. The summed E-state index contributed by atoms with van der Waals surface area (Å²) in [5.74, 6) is -0.580. The molecule has 10 heteroatoms. The molecule has 0 fully saturated rings. The molecule has 0 bridgehead atoms. The number of halogens is 1. The van der Waals surface area contributed by atoms with E-state index < -0.39 is 5.97 Å². The van der Waals surface area contributed by atoms with Crippen molar-refractivity contribution >= 4 is 52.3 Å². The third-order valence-electron chi connectivity index (χ3n) is 3.60. The molecule has 0 radical (unpaired) electrons. The fourth-order valence-corrected chi connectivity index (χ4v) is 4.14. The minimum atomic E-state index is -0.469. The number of nitrogens with zero attached hydrogens (tertiary/aromatic N) is 3. The smallest absolute Gasteiger partial charge is 0.350 e. The number of benzene rings is 1. The van der Waals surface area contributed by atoms with Crippen LogP contribution in [0.3, 0.4) is 0 Å². The average Bonchev–Trinajstić information content (AvgIpc) is 3.27. The Bertz CT molecular complexity index is 985. The second-order valence-electron chi connectivity index (χ2n) is 5.64. The van der Waals surface area contributed by atoms with Gasteiger partial charge in [0, 0.05) is 16.9 Å². The number of aryl methyl sites for hydroxylation is 1. The van der Waals surface area contributed by atoms with E-state index in [4.69, 9.17) is 16.3 Å². The van der Waals surface area contributed by atoms with Gasteiger partial charge in [0.25, 0.3) is 0 Å². The van der Waals surface area contributed by atoms with E-state index in [2.05, 4.69) is 15.5 Å². The van der Waals surface area contributed by atoms with Crippen LogP contribution in [-0.2, 0) is 16.6 Å². The van der Waals surface area contributed by atoms with Crippen LogP contribution in [0.4, 0.5) is 5.69 Å². The highest BCUT2D eigenvalue weighted by molar-refractivity contribution is 7.99. The van der Waals surface area contributed by atoms with Gasteiger partial charge in [-0.15, -0.1) is 21.5 Å². The number of esters is 1. The van der Waals surface area contributed by atoms with E-state index in [0.717, 1.165) is 10.4 Å². The minimum absolute atomic E-state index is 0.140. The van der Waals surface area contributed by atoms with Crippen molar-refractivity contribution < 1.29 is 14.3 Å². The fourth-order valence-electron chi connectivity index (χ4n) is 2.31. The standard InChI is InChI=1S/C18H17ClN4O3S2/c1-3-26-17(25)16-13(8-14(28-16)11-4-6-12(19)7-5-11)21-15(24)9-27-18-22-20-10-23(18)2/h4-8,10H,3,9H2,1-2H3,(H,21,24). The summed E-state index contributed by atoms with van der Waals surface area (Å²) in [5.41, 5.74) is 1.32. The van der Waals surface area contributed by atoms with Gasteiger partial charge in [-0.1, -0.05) is 35.5 Å². The van der Waals surface area contributed by atoms with Gasteiger partial charge in [0.1, 0.15) is 11.2 Å². The van der Waals surface area contributed by atoms with Crippen molar-refractivity contribution in [1.29, 1.82) is 0 Å². The lowest BCUT2D eigenvalue weighted by molar-refractivity contribution is -0.113. The molecule has 7 nitrogen and oxygen atoms in total. The number of thiophene rings is 1. The molecule has 0 atom stereocenters. The molecule has 146 valence electrons. The first-order chi connectivity index (χ1) is 13.5. The van der Waals surface area contributed by atoms with Gasteiger partial charge >= 0.3 is 5.97 Å². The van der Waals surface area contributed by atoms with Crippen LogP contribution in [0.5, 0.6) is 0 Å². The first-order valence-corrected chi connectivity index (χ1v) is 10.5. The predicted octanol–water partition coefficient (Wildman–Crippen LogP) is 4.10. The summed E-state index contributed by atoms with van der Waals surface area (Å²) < 4.78 is 6.85. The molecule has 2 aromatic heterocycles. The van der Waals surface area contributed by atoms with Crippen LogP contribution in [0.25, 0.3) is 10.4 Å². The number of carbonyl (C=O) groups is 2. The maximum absolute atomic E-state index is 12.4. The molecular weight excluding hydrogens is 420 g/mol. The number of anilines is 1. The first-order valence-electron chi connectivity index (χ1n) is 8.31. The number of nitrogens with one attached hydrogen (secondary N) is 1. The van der Waals surface area contributed by atoms with Crippen molar-refractivity contribution in [2.24, 2.45) is 7.05 Å². The van der Waals surface area contributed by atoms with Crippen LogP contribution in [0.1, 0.15) is 16.6 Å². The first kappa shape index (κ1) is 20.4. The van der Waals surface area contributed by atoms with Crippen molar-refractivity contribution in [3.05, 3.63) is 46.6 Å². The van der Waals surface area contributed by atoms with Gasteiger partial charge < -0.3 is 14.6 Å². The van der Waals surface area contributed by atoms with Crippen LogP contribution in [0.2, 0.25) is 5.02 Å². The monoisotopic (exact) mass is 436 g/mol. The molecule has 0 aliphatic heterocycles. The quantitative estimate of drug-likeness (QED) is 0.443. The van der Waals surface area contributed by atoms with E-state index in [1.165, 1.54) is 23.1 Å². The zero-order valence-electron chi connectivity index (χ0n) is 15.1. The van der Waals surface area contributed by atoms with Crippen LogP contribution < -0.4 is 5.32 Å². The van der Waals surface area contributed by atoms with Crippen molar-refractivity contribution in [3.8, 4) is 10.4 Å². The highest BCUT2D eigenvalue weighted by Crippen LogP contribution is 2.36. The van der Waals surface area contributed by atoms with Gasteiger partial charge in [0.2, 0.25) is 5.91 Å². The largest absolute Gasteiger partial charge is 0.462 e. The van der Waals surface area contributed by atoms with Gasteiger partial charge in [-0.2, -0.15) is 0 Å². The van der Waals surface area contributed by atoms with Gasteiger partial charge in [0.05, 0.1) is 18.0 Å². The second-order valence-corrected chi connectivity index (χ2v) is 8.07. The Balaban J connectivity index is 1.79. The molecular formula is C18H17ClN4O3S2. The third-order valence-corrected chi connectivity index (χ3v) is 6.05. The van der Waals surface area contributed by atoms with Crippen LogP contribution in [0, 0.1) is 0 Å². The lowest BCUT2D eigenvalue weighted by Gasteiger charge is -2.06. The summed E-state index contributed by atoms with van der Waals surface area (Å²) in [6.45, 7) is 1.99. The van der Waals surface area contributed by atoms with E-state index >= 15 is 0 Å². The van der Waals surface area contributed by atoms with E-state index in [9.17, 15) is 9.59 Å². The van der Waals surface area contributed by atoms with Crippen molar-refractivity contribution in [1.82, 2.24) is 14.8 Å². The highest BCUT2D eigenvalue weighted by Gasteiger charge is 2.20. The topological polar surface area (TPSA) is 86.1 Å². The van der Waals surface area contributed by atoms with Crippen molar-refractivity contribution in [2.75, 3.05) is 17.7 Å². The molecule has 0 aliphatic carbocycles. The molecule has 0 unspecified atom stereocenters. The van der Waals surface area contributed by atoms with Crippen molar-refractivity contribution in [3.63, 3.8) is 0 Å². The number of amides is 1. The molecule has 1 N–H and O–H groups in total. The van der Waals surface area contributed by atoms with E-state index in [0.29, 0.717) is 20.7 Å². The fraction of sp³-hybridized carbons (Fsp3) is 0.222. The van der Waals surface area contributed by atoms with Gasteiger partial charge in [0.15, 0.2) is 5.16 Å². The van der Waals surface area contributed by atoms with Gasteiger partial charge in [-0.05, 0) is 30.7 Å². The van der Waals surface area contributed by atoms with E-state index in [1.807, 2.05) is 12.1 Å². The molecule has 0 saturated carbocycles. The zero-order chi connectivity index (χ0) is 20.1. The Labute approximate surface area is 175 Å². The number of hydrogen-bond acceptors (Lipinski definition) is 7. The molecule has 2 heterocycles. The molecule has 28 heavy (non-hydrogen) atoms. The van der Waals surface area contributed by atoms with Gasteiger partial charge in [-0.3, -0.25) is 4.79 Å². The number of carbonyl (C=O) groups excluding carboxylic acids is 2. The molecule has 0 aliphatic rings. The third kappa shape index (κ3) is 4.92. The normalized spacial score (nSPS) is 10.7. The molecule has 0 spiro atoms. The molecule has 3 aromatic rings. The Kier molecular flexibility index (Phi) is 6.71. The highest BCUT2D eigenvalue weighted by atomic mass is 35.5. The summed E-state index contributed by atoms with van der Waals surface area (Å²) in [5, 5.41) is 11.8. The lowest BCUT2D eigenvalue weighted by atomic mass is 10.2. The Hall–Kier alpha value is -2.36. The Morgan fingerprint density at radius 1 is 1.32 bits per heavy atom. The summed E-state index contributed by atoms with van der Waals surface area (Å²) in [7, 11) is 1.80. The SMILES string of the molecule is CCOC(=O)c1sc(-c2ccc(Cl)cc2)cc1NC(=O)CSc1nncn1C. The molecule has 3 rings (SSSR count). The number of ether oxygens (including phenoxy) is 1. The second kappa shape index (κ2) is 9.22. The lowest BCUT2D eigenvalue weighted by Crippen LogP contribution is -2.16. The predicted molar refractivity (Wildman–Crippen MR) is 111 cm³/mol.